The van der Waals surface area contributed by atoms with Crippen LogP contribution in [0.5, 0.6) is 0 Å². The Hall–Kier alpha value is -4.50. The molecule has 0 fully saturated rings. The molecule has 0 radical (unpaired) electrons. The second kappa shape index (κ2) is 7.73. The number of halogens is 1. The van der Waals surface area contributed by atoms with Crippen molar-refractivity contribution in [2.24, 2.45) is 0 Å². The van der Waals surface area contributed by atoms with Crippen LogP contribution in [0.15, 0.2) is 85.1 Å². The predicted molar refractivity (Wildman–Crippen MR) is 119 cm³/mol. The van der Waals surface area contributed by atoms with Gasteiger partial charge in [0.2, 0.25) is 0 Å². The third-order valence-corrected chi connectivity index (χ3v) is 4.95. The van der Waals surface area contributed by atoms with Crippen LogP contribution in [0, 0.1) is 17.1 Å². The van der Waals surface area contributed by atoms with Crippen LogP contribution in [0.2, 0.25) is 0 Å². The largest absolute Gasteiger partial charge is 0.337 e. The van der Waals surface area contributed by atoms with Gasteiger partial charge in [-0.2, -0.15) is 10.4 Å². The summed E-state index contributed by atoms with van der Waals surface area (Å²) < 4.78 is 15.2. The number of allylic oxidation sites excluding steroid dienone is 1. The molecule has 148 valence electrons. The lowest BCUT2D eigenvalue weighted by Gasteiger charge is -2.00. The summed E-state index contributed by atoms with van der Waals surface area (Å²) in [5, 5.41) is 14.5. The lowest BCUT2D eigenvalue weighted by atomic mass is 10.1. The number of fused-ring (bicyclic) bond motifs is 1. The van der Waals surface area contributed by atoms with E-state index in [1.54, 1.807) is 22.9 Å². The number of hydrogen-bond donors (Lipinski definition) is 1. The number of nitrogens with zero attached hydrogens (tertiary/aromatic N) is 4. The molecule has 0 spiro atoms. The minimum absolute atomic E-state index is 0.316. The van der Waals surface area contributed by atoms with Gasteiger partial charge in [0.15, 0.2) is 0 Å². The third kappa shape index (κ3) is 3.61. The lowest BCUT2D eigenvalue weighted by molar-refractivity contribution is 0.628. The second-order valence-electron chi connectivity index (χ2n) is 6.99. The minimum Gasteiger partial charge on any atom is -0.337 e. The zero-order valence-corrected chi connectivity index (χ0v) is 16.3. The highest BCUT2D eigenvalue weighted by atomic mass is 19.1. The van der Waals surface area contributed by atoms with Crippen LogP contribution in [0.25, 0.3) is 39.6 Å². The number of rotatable bonds is 4. The summed E-state index contributed by atoms with van der Waals surface area (Å²) in [7, 11) is 0. The molecular weight excluding hydrogens is 389 g/mol. The van der Waals surface area contributed by atoms with Crippen molar-refractivity contribution in [1.29, 1.82) is 5.26 Å². The Balaban J connectivity index is 1.66. The quantitative estimate of drug-likeness (QED) is 0.395. The van der Waals surface area contributed by atoms with E-state index in [-0.39, 0.29) is 5.82 Å². The molecule has 0 saturated carbocycles. The average molecular weight is 405 g/mol. The number of hydrogen-bond acceptors (Lipinski definition) is 3. The van der Waals surface area contributed by atoms with Crippen LogP contribution < -0.4 is 0 Å². The van der Waals surface area contributed by atoms with Crippen molar-refractivity contribution >= 4 is 22.7 Å². The predicted octanol–water partition coefficient (Wildman–Crippen LogP) is 5.62. The number of benzene rings is 3. The van der Waals surface area contributed by atoms with Gasteiger partial charge in [-0.15, -0.1) is 0 Å². The zero-order chi connectivity index (χ0) is 21.2. The average Bonchev–Trinajstić information content (AvgIpc) is 3.43. The number of nitriles is 1. The molecule has 0 amide bonds. The van der Waals surface area contributed by atoms with Gasteiger partial charge in [-0.1, -0.05) is 30.3 Å². The number of aromatic amines is 1. The van der Waals surface area contributed by atoms with Crippen LogP contribution in [-0.2, 0) is 0 Å². The van der Waals surface area contributed by atoms with Gasteiger partial charge in [-0.25, -0.2) is 14.1 Å². The highest BCUT2D eigenvalue weighted by Crippen LogP contribution is 2.28. The lowest BCUT2D eigenvalue weighted by Crippen LogP contribution is -1.94. The monoisotopic (exact) mass is 405 g/mol. The minimum atomic E-state index is -0.316. The molecule has 31 heavy (non-hydrogen) atoms. The van der Waals surface area contributed by atoms with Crippen molar-refractivity contribution in [2.75, 3.05) is 0 Å². The van der Waals surface area contributed by atoms with Crippen LogP contribution in [0.1, 0.15) is 11.4 Å². The van der Waals surface area contributed by atoms with E-state index in [1.165, 1.54) is 12.1 Å². The van der Waals surface area contributed by atoms with Crippen molar-refractivity contribution in [3.8, 4) is 23.0 Å². The van der Waals surface area contributed by atoms with E-state index in [0.29, 0.717) is 17.1 Å². The molecule has 0 aliphatic heterocycles. The molecule has 5 rings (SSSR count). The normalized spacial score (nSPS) is 11.5. The summed E-state index contributed by atoms with van der Waals surface area (Å²) in [6.45, 7) is 0. The van der Waals surface area contributed by atoms with Gasteiger partial charge in [0.1, 0.15) is 17.7 Å². The summed E-state index contributed by atoms with van der Waals surface area (Å²) in [5.74, 6) is 0.171. The van der Waals surface area contributed by atoms with Crippen LogP contribution in [0.3, 0.4) is 0 Å². The van der Waals surface area contributed by atoms with Gasteiger partial charge in [0, 0.05) is 17.3 Å². The molecule has 0 atom stereocenters. The first kappa shape index (κ1) is 18.5. The zero-order valence-electron chi connectivity index (χ0n) is 16.3. The van der Waals surface area contributed by atoms with Crippen molar-refractivity contribution in [1.82, 2.24) is 19.7 Å². The highest BCUT2D eigenvalue weighted by Gasteiger charge is 2.14. The van der Waals surface area contributed by atoms with Gasteiger partial charge in [0.25, 0.3) is 0 Å². The molecule has 0 saturated heterocycles. The highest BCUT2D eigenvalue weighted by molar-refractivity contribution is 5.92. The van der Waals surface area contributed by atoms with Gasteiger partial charge in [-0.05, 0) is 54.6 Å². The fourth-order valence-corrected chi connectivity index (χ4v) is 3.43. The molecule has 2 heterocycles. The topological polar surface area (TPSA) is 70.3 Å². The van der Waals surface area contributed by atoms with Gasteiger partial charge < -0.3 is 4.98 Å². The standard InChI is InChI=1S/C25H16FN5/c26-20-12-10-17(11-13-20)24-19(16-31(30-24)21-6-2-1-3-7-21)14-18(15-27)25-28-22-8-4-5-9-23(22)29-25/h1-14,16H,(H,28,29)/b18-14+. The summed E-state index contributed by atoms with van der Waals surface area (Å²) in [5.41, 5.74) is 5.04. The maximum atomic E-state index is 13.5. The van der Waals surface area contributed by atoms with E-state index in [9.17, 15) is 9.65 Å². The number of aromatic nitrogens is 4. The van der Waals surface area contributed by atoms with E-state index in [4.69, 9.17) is 5.10 Å². The number of H-pyrrole nitrogens is 1. The maximum Gasteiger partial charge on any atom is 0.149 e. The SMILES string of the molecule is N#C/C(=C\c1cn(-c2ccccc2)nc1-c1ccc(F)cc1)c1nc2ccccc2[nH]1. The second-order valence-corrected chi connectivity index (χ2v) is 6.99. The Kier molecular flexibility index (Phi) is 4.62. The molecule has 0 aliphatic rings. The Labute approximate surface area is 177 Å². The number of para-hydroxylation sites is 3. The Morgan fingerprint density at radius 1 is 0.968 bits per heavy atom. The number of imidazole rings is 1. The fraction of sp³-hybridized carbons (Fsp3) is 0. The van der Waals surface area contributed by atoms with E-state index in [1.807, 2.05) is 60.8 Å². The fourth-order valence-electron chi connectivity index (χ4n) is 3.43. The van der Waals surface area contributed by atoms with Crippen LogP contribution in [0.4, 0.5) is 4.39 Å². The Morgan fingerprint density at radius 2 is 1.71 bits per heavy atom. The van der Waals surface area contributed by atoms with E-state index in [0.717, 1.165) is 27.8 Å². The van der Waals surface area contributed by atoms with Gasteiger partial charge >= 0.3 is 0 Å². The Morgan fingerprint density at radius 3 is 2.45 bits per heavy atom. The van der Waals surface area contributed by atoms with Crippen LogP contribution in [-0.4, -0.2) is 19.7 Å². The first-order valence-corrected chi connectivity index (χ1v) is 9.69. The first-order valence-electron chi connectivity index (χ1n) is 9.69. The molecule has 0 bridgehead atoms. The molecule has 5 nitrogen and oxygen atoms in total. The van der Waals surface area contributed by atoms with Crippen molar-refractivity contribution in [3.63, 3.8) is 0 Å². The Bertz CT molecular complexity index is 1400. The molecule has 3 aromatic carbocycles. The van der Waals surface area contributed by atoms with Crippen molar-refractivity contribution in [2.45, 2.75) is 0 Å². The molecule has 5 aromatic rings. The molecule has 1 N–H and O–H groups in total. The van der Waals surface area contributed by atoms with Gasteiger partial charge in [-0.3, -0.25) is 0 Å². The first-order chi connectivity index (χ1) is 15.2. The smallest absolute Gasteiger partial charge is 0.149 e. The van der Waals surface area contributed by atoms with Crippen molar-refractivity contribution < 1.29 is 4.39 Å². The molecule has 0 aliphatic carbocycles. The summed E-state index contributed by atoms with van der Waals surface area (Å²) in [4.78, 5) is 7.73. The van der Waals surface area contributed by atoms with E-state index < -0.39 is 0 Å². The van der Waals surface area contributed by atoms with Crippen molar-refractivity contribution in [3.05, 3.63) is 102 Å². The maximum absolute atomic E-state index is 13.5. The third-order valence-electron chi connectivity index (χ3n) is 4.95. The summed E-state index contributed by atoms with van der Waals surface area (Å²) in [6, 6.07) is 25.7. The summed E-state index contributed by atoms with van der Waals surface area (Å²) >= 11 is 0. The molecule has 6 heteroatoms. The van der Waals surface area contributed by atoms with E-state index in [2.05, 4.69) is 16.0 Å². The number of nitrogens with one attached hydrogen (secondary N) is 1. The van der Waals surface area contributed by atoms with Gasteiger partial charge in [0.05, 0.1) is 28.0 Å². The summed E-state index contributed by atoms with van der Waals surface area (Å²) in [6.07, 6.45) is 3.61. The molecular formula is C25H16FN5. The molecule has 2 aromatic heterocycles. The van der Waals surface area contributed by atoms with Crippen LogP contribution >= 0.6 is 0 Å². The molecule has 0 unspecified atom stereocenters. The van der Waals surface area contributed by atoms with E-state index >= 15 is 0 Å².